The van der Waals surface area contributed by atoms with Gasteiger partial charge < -0.3 is 10.2 Å². The van der Waals surface area contributed by atoms with Crippen molar-refractivity contribution in [1.82, 2.24) is 20.0 Å². The largest absolute Gasteiger partial charge is 0.401 e. The van der Waals surface area contributed by atoms with E-state index in [1.165, 1.54) is 17.0 Å². The van der Waals surface area contributed by atoms with Crippen LogP contribution in [0.2, 0.25) is 0 Å². The molecule has 3 aliphatic heterocycles. The second kappa shape index (κ2) is 12.3. The number of benzene rings is 2. The zero-order chi connectivity index (χ0) is 33.8. The number of carbonyl (C=O) groups excluding carboxylic acids is 3. The number of hydrogen-bond donors (Lipinski definition) is 1. The predicted molar refractivity (Wildman–Crippen MR) is 168 cm³/mol. The van der Waals surface area contributed by atoms with E-state index in [1.807, 2.05) is 35.2 Å². The standard InChI is InChI=1S/C34H41F3N4O5S/c1-3-41-31(44)40(22-23-10-12-25(13-11-23)47(2,45)46)30(43)33(41)16-18-39(19-17-33)28(29(42)32(14-7-15-32)34(35,36)37)27-21-38-20-26(27)24-8-5-4-6-9-24/h4-6,8-13,26-28,38H,3,7,14-22H2,1-2H3/t26-,27-,28?/m1/s1. The molecule has 1 spiro atoms. The van der Waals surface area contributed by atoms with Crippen LogP contribution in [0.4, 0.5) is 18.0 Å². The van der Waals surface area contributed by atoms with Gasteiger partial charge in [0.2, 0.25) is 0 Å². The van der Waals surface area contributed by atoms with E-state index in [9.17, 15) is 36.0 Å². The fraction of sp³-hybridized carbons (Fsp3) is 0.559. The molecular weight excluding hydrogens is 633 g/mol. The molecule has 4 fully saturated rings. The predicted octanol–water partition coefficient (Wildman–Crippen LogP) is 4.38. The minimum absolute atomic E-state index is 0.0363. The van der Waals surface area contributed by atoms with E-state index >= 15 is 0 Å². The van der Waals surface area contributed by atoms with Crippen LogP contribution in [0.1, 0.15) is 56.1 Å². The summed E-state index contributed by atoms with van der Waals surface area (Å²) in [5.41, 5.74) is -1.98. The van der Waals surface area contributed by atoms with E-state index in [0.717, 1.165) is 11.8 Å². The van der Waals surface area contributed by atoms with Gasteiger partial charge in [-0.15, -0.1) is 0 Å². The molecule has 6 rings (SSSR count). The molecule has 1 unspecified atom stereocenters. The average molecular weight is 675 g/mol. The van der Waals surface area contributed by atoms with Gasteiger partial charge in [-0.3, -0.25) is 19.4 Å². The summed E-state index contributed by atoms with van der Waals surface area (Å²) in [5, 5.41) is 3.33. The molecule has 13 heteroatoms. The number of nitrogens with zero attached hydrogens (tertiary/aromatic N) is 3. The van der Waals surface area contributed by atoms with E-state index in [4.69, 9.17) is 0 Å². The average Bonchev–Trinajstić information content (AvgIpc) is 3.55. The monoisotopic (exact) mass is 674 g/mol. The van der Waals surface area contributed by atoms with Gasteiger partial charge in [-0.2, -0.15) is 13.2 Å². The van der Waals surface area contributed by atoms with Gasteiger partial charge in [0, 0.05) is 50.8 Å². The molecule has 3 atom stereocenters. The van der Waals surface area contributed by atoms with Gasteiger partial charge >= 0.3 is 12.2 Å². The van der Waals surface area contributed by atoms with E-state index in [-0.39, 0.29) is 68.6 Å². The molecule has 1 saturated carbocycles. The summed E-state index contributed by atoms with van der Waals surface area (Å²) in [7, 11) is -3.41. The smallest absolute Gasteiger partial charge is 0.316 e. The summed E-state index contributed by atoms with van der Waals surface area (Å²) in [5.74, 6) is -1.71. The Bertz CT molecular complexity index is 1620. The summed E-state index contributed by atoms with van der Waals surface area (Å²) < 4.78 is 67.6. The lowest BCUT2D eigenvalue weighted by molar-refractivity contribution is -0.245. The van der Waals surface area contributed by atoms with Crippen molar-refractivity contribution >= 4 is 27.6 Å². The van der Waals surface area contributed by atoms with Crippen LogP contribution < -0.4 is 5.32 Å². The fourth-order valence-electron chi connectivity index (χ4n) is 8.25. The van der Waals surface area contributed by atoms with Crippen molar-refractivity contribution in [3.05, 3.63) is 65.7 Å². The van der Waals surface area contributed by atoms with Gasteiger partial charge in [0.05, 0.1) is 17.5 Å². The molecule has 1 N–H and O–H groups in total. The zero-order valence-electron chi connectivity index (χ0n) is 26.6. The Balaban J connectivity index is 1.27. The Morgan fingerprint density at radius 3 is 2.15 bits per heavy atom. The van der Waals surface area contributed by atoms with Crippen molar-refractivity contribution in [3.8, 4) is 0 Å². The molecule has 4 aliphatic rings. The zero-order valence-corrected chi connectivity index (χ0v) is 27.4. The number of nitrogens with one attached hydrogen (secondary N) is 1. The quantitative estimate of drug-likeness (QED) is 0.394. The topological polar surface area (TPSA) is 107 Å². The molecule has 9 nitrogen and oxygen atoms in total. The highest BCUT2D eigenvalue weighted by atomic mass is 32.2. The molecule has 254 valence electrons. The van der Waals surface area contributed by atoms with Crippen LogP contribution in [0.25, 0.3) is 0 Å². The summed E-state index contributed by atoms with van der Waals surface area (Å²) in [4.78, 5) is 46.7. The van der Waals surface area contributed by atoms with Crippen LogP contribution in [0.15, 0.2) is 59.5 Å². The second-order valence-corrected chi connectivity index (χ2v) is 15.5. The van der Waals surface area contributed by atoms with Crippen molar-refractivity contribution in [1.29, 1.82) is 0 Å². The lowest BCUT2D eigenvalue weighted by atomic mass is 9.61. The normalized spacial score (nSPS) is 25.3. The number of urea groups is 1. The Kier molecular flexibility index (Phi) is 8.80. The highest BCUT2D eigenvalue weighted by molar-refractivity contribution is 7.90. The third-order valence-electron chi connectivity index (χ3n) is 11.0. The SMILES string of the molecule is CCN1C(=O)N(Cc2ccc(S(C)(=O)=O)cc2)C(=O)C12CCN(C(C(=O)C1(C(F)(F)F)CCC1)[C@@H]1CNC[C@@H]1c1ccccc1)CC2. The maximum absolute atomic E-state index is 14.6. The first-order valence-electron chi connectivity index (χ1n) is 16.3. The Morgan fingerprint density at radius 1 is 0.979 bits per heavy atom. The highest BCUT2D eigenvalue weighted by Gasteiger charge is 2.66. The van der Waals surface area contributed by atoms with Crippen LogP contribution in [0, 0.1) is 11.3 Å². The van der Waals surface area contributed by atoms with E-state index < -0.39 is 50.7 Å². The van der Waals surface area contributed by atoms with Gasteiger partial charge in [0.1, 0.15) is 11.0 Å². The molecule has 3 heterocycles. The summed E-state index contributed by atoms with van der Waals surface area (Å²) in [6.07, 6.45) is -3.25. The lowest BCUT2D eigenvalue weighted by Gasteiger charge is -2.50. The number of likely N-dealkylation sites (tertiary alicyclic amines) is 1. The maximum atomic E-state index is 14.6. The Labute approximate surface area is 273 Å². The molecule has 0 radical (unpaired) electrons. The number of carbonyl (C=O) groups is 3. The summed E-state index contributed by atoms with van der Waals surface area (Å²) in [6, 6.07) is 14.1. The number of alkyl halides is 3. The van der Waals surface area contributed by atoms with E-state index in [1.54, 1.807) is 24.0 Å². The number of amides is 3. The second-order valence-electron chi connectivity index (χ2n) is 13.5. The summed E-state index contributed by atoms with van der Waals surface area (Å²) >= 11 is 0. The number of imide groups is 1. The highest BCUT2D eigenvalue weighted by Crippen LogP contribution is 2.56. The van der Waals surface area contributed by atoms with Gasteiger partial charge in [-0.25, -0.2) is 13.2 Å². The Hall–Kier alpha value is -3.29. The lowest BCUT2D eigenvalue weighted by Crippen LogP contribution is -2.64. The number of piperidine rings is 1. The minimum Gasteiger partial charge on any atom is -0.316 e. The van der Waals surface area contributed by atoms with Crippen molar-refractivity contribution in [2.24, 2.45) is 11.3 Å². The number of rotatable bonds is 9. The molecule has 0 bridgehead atoms. The molecule has 0 aromatic heterocycles. The Morgan fingerprint density at radius 2 is 1.62 bits per heavy atom. The van der Waals surface area contributed by atoms with E-state index in [2.05, 4.69) is 5.32 Å². The molecule has 3 amide bonds. The third kappa shape index (κ3) is 5.67. The first-order chi connectivity index (χ1) is 22.2. The van der Waals surface area contributed by atoms with Crippen LogP contribution in [0.3, 0.4) is 0 Å². The molecule has 3 saturated heterocycles. The van der Waals surface area contributed by atoms with Crippen LogP contribution in [0.5, 0.6) is 0 Å². The van der Waals surface area contributed by atoms with Crippen molar-refractivity contribution in [2.75, 3.05) is 39.0 Å². The van der Waals surface area contributed by atoms with Crippen LogP contribution in [-0.4, -0.2) is 97.6 Å². The molecule has 2 aromatic carbocycles. The number of Topliss-reactive ketones (excluding diaryl/α,β-unsaturated/α-hetero) is 1. The first kappa shape index (κ1) is 33.6. The fourth-order valence-corrected chi connectivity index (χ4v) is 8.88. The van der Waals surface area contributed by atoms with E-state index in [0.29, 0.717) is 25.1 Å². The van der Waals surface area contributed by atoms with Crippen LogP contribution >= 0.6 is 0 Å². The number of ketones is 1. The van der Waals surface area contributed by atoms with Crippen molar-refractivity contribution < 1.29 is 36.0 Å². The molecule has 2 aromatic rings. The summed E-state index contributed by atoms with van der Waals surface area (Å²) in [6.45, 7) is 3.33. The number of halogens is 3. The molecule has 1 aliphatic carbocycles. The van der Waals surface area contributed by atoms with Crippen molar-refractivity contribution in [3.63, 3.8) is 0 Å². The first-order valence-corrected chi connectivity index (χ1v) is 18.2. The number of sulfone groups is 1. The third-order valence-corrected chi connectivity index (χ3v) is 12.2. The van der Waals surface area contributed by atoms with Crippen LogP contribution in [-0.2, 0) is 26.0 Å². The molecular formula is C34H41F3N4O5S. The van der Waals surface area contributed by atoms with Gasteiger partial charge in [-0.05, 0) is 55.9 Å². The van der Waals surface area contributed by atoms with Crippen molar-refractivity contribution in [2.45, 2.75) is 74.1 Å². The molecule has 47 heavy (non-hydrogen) atoms. The van der Waals surface area contributed by atoms with Gasteiger partial charge in [-0.1, -0.05) is 48.9 Å². The number of hydrogen-bond acceptors (Lipinski definition) is 7. The minimum atomic E-state index is -4.65. The van der Waals surface area contributed by atoms with Gasteiger partial charge in [0.15, 0.2) is 15.6 Å². The number of likely N-dealkylation sites (N-methyl/N-ethyl adjacent to an activating group) is 1. The maximum Gasteiger partial charge on any atom is 0.401 e. The van der Waals surface area contributed by atoms with Gasteiger partial charge in [0.25, 0.3) is 5.91 Å².